The number of hydrogen-bond donors (Lipinski definition) is 2. The van der Waals surface area contributed by atoms with Gasteiger partial charge in [0.25, 0.3) is 5.91 Å². The molecule has 0 spiro atoms. The lowest BCUT2D eigenvalue weighted by atomic mass is 10.1. The molecule has 0 atom stereocenters. The van der Waals surface area contributed by atoms with Gasteiger partial charge in [0.2, 0.25) is 0 Å². The maximum atomic E-state index is 12.2. The van der Waals surface area contributed by atoms with E-state index < -0.39 is 5.97 Å². The molecule has 0 unspecified atom stereocenters. The van der Waals surface area contributed by atoms with Crippen LogP contribution in [-0.4, -0.2) is 24.1 Å². The minimum absolute atomic E-state index is 0.155. The molecule has 0 heterocycles. The van der Waals surface area contributed by atoms with E-state index in [4.69, 9.17) is 23.8 Å². The van der Waals surface area contributed by atoms with Crippen LogP contribution in [0.25, 0.3) is 0 Å². The molecule has 0 fully saturated rings. The summed E-state index contributed by atoms with van der Waals surface area (Å²) in [5, 5.41) is 6.23. The summed E-state index contributed by atoms with van der Waals surface area (Å²) in [7, 11) is 1.30. The number of methoxy groups -OCH3 is 1. The van der Waals surface area contributed by atoms with E-state index in [1.165, 1.54) is 31.4 Å². The second-order valence-corrected chi connectivity index (χ2v) is 5.78. The molecule has 0 aliphatic rings. The monoisotopic (exact) mass is 362 g/mol. The Morgan fingerprint density at radius 2 is 1.71 bits per heavy atom. The van der Waals surface area contributed by atoms with Crippen LogP contribution >= 0.6 is 23.8 Å². The molecule has 5 nitrogen and oxygen atoms in total. The maximum absolute atomic E-state index is 12.2. The van der Waals surface area contributed by atoms with Crippen LogP contribution in [-0.2, 0) is 4.74 Å². The van der Waals surface area contributed by atoms with Gasteiger partial charge in [-0.15, -0.1) is 0 Å². The Morgan fingerprint density at radius 3 is 2.33 bits per heavy atom. The summed E-state index contributed by atoms with van der Waals surface area (Å²) in [5.74, 6) is -0.848. The van der Waals surface area contributed by atoms with Crippen molar-refractivity contribution < 1.29 is 14.3 Å². The van der Waals surface area contributed by atoms with Crippen molar-refractivity contribution in [2.24, 2.45) is 0 Å². The Balaban J connectivity index is 2.02. The van der Waals surface area contributed by atoms with E-state index in [9.17, 15) is 9.59 Å². The predicted octanol–water partition coefficient (Wildman–Crippen LogP) is 3.56. The number of carbonyl (C=O) groups is 2. The third-order valence-electron chi connectivity index (χ3n) is 3.24. The summed E-state index contributed by atoms with van der Waals surface area (Å²) in [4.78, 5) is 23.5. The normalized spacial score (nSPS) is 9.96. The zero-order valence-electron chi connectivity index (χ0n) is 13.1. The molecular formula is C17H15ClN2O3S. The molecule has 24 heavy (non-hydrogen) atoms. The van der Waals surface area contributed by atoms with Gasteiger partial charge in [0, 0.05) is 16.3 Å². The number of hydrogen-bond acceptors (Lipinski definition) is 4. The van der Waals surface area contributed by atoms with Gasteiger partial charge in [-0.3, -0.25) is 10.1 Å². The number of amides is 1. The minimum atomic E-state index is -0.462. The first-order valence-electron chi connectivity index (χ1n) is 6.97. The molecule has 0 radical (unpaired) electrons. The van der Waals surface area contributed by atoms with Gasteiger partial charge in [-0.1, -0.05) is 17.7 Å². The highest BCUT2D eigenvalue weighted by Crippen LogP contribution is 2.20. The number of rotatable bonds is 3. The molecular weight excluding hydrogens is 348 g/mol. The summed E-state index contributed by atoms with van der Waals surface area (Å²) in [6.07, 6.45) is 0. The zero-order chi connectivity index (χ0) is 17.7. The molecule has 2 N–H and O–H groups in total. The van der Waals surface area contributed by atoms with Crippen molar-refractivity contribution in [3.8, 4) is 0 Å². The van der Waals surface area contributed by atoms with Crippen molar-refractivity contribution in [1.29, 1.82) is 0 Å². The molecule has 0 aliphatic heterocycles. The fourth-order valence-corrected chi connectivity index (χ4v) is 2.31. The molecule has 1 amide bonds. The quantitative estimate of drug-likeness (QED) is 0.645. The SMILES string of the molecule is COC(=O)c1ccc(C(=O)NC(=S)Nc2cc(Cl)ccc2C)cc1. The van der Waals surface area contributed by atoms with Gasteiger partial charge in [-0.05, 0) is 61.1 Å². The standard InChI is InChI=1S/C17H15ClN2O3S/c1-10-3-8-13(18)9-14(10)19-17(24)20-15(21)11-4-6-12(7-5-11)16(22)23-2/h3-9H,1-2H3,(H2,19,20,21,24). The van der Waals surface area contributed by atoms with Crippen LogP contribution < -0.4 is 10.6 Å². The minimum Gasteiger partial charge on any atom is -0.465 e. The topological polar surface area (TPSA) is 67.4 Å². The van der Waals surface area contributed by atoms with Crippen molar-refractivity contribution in [3.05, 3.63) is 64.2 Å². The number of thiocarbonyl (C=S) groups is 1. The van der Waals surface area contributed by atoms with Crippen LogP contribution in [0.15, 0.2) is 42.5 Å². The largest absolute Gasteiger partial charge is 0.465 e. The van der Waals surface area contributed by atoms with E-state index in [1.807, 2.05) is 13.0 Å². The molecule has 0 saturated heterocycles. The maximum Gasteiger partial charge on any atom is 0.337 e. The van der Waals surface area contributed by atoms with E-state index in [1.54, 1.807) is 12.1 Å². The third-order valence-corrected chi connectivity index (χ3v) is 3.68. The molecule has 7 heteroatoms. The van der Waals surface area contributed by atoms with E-state index in [-0.39, 0.29) is 11.0 Å². The Morgan fingerprint density at radius 1 is 1.08 bits per heavy atom. The Hall–Kier alpha value is -2.44. The van der Waals surface area contributed by atoms with Gasteiger partial charge in [0.05, 0.1) is 12.7 Å². The summed E-state index contributed by atoms with van der Waals surface area (Å²) >= 11 is 11.1. The molecule has 124 valence electrons. The van der Waals surface area contributed by atoms with E-state index in [0.717, 1.165) is 5.56 Å². The van der Waals surface area contributed by atoms with Crippen molar-refractivity contribution in [3.63, 3.8) is 0 Å². The lowest BCUT2D eigenvalue weighted by molar-refractivity contribution is 0.0600. The predicted molar refractivity (Wildman–Crippen MR) is 97.7 cm³/mol. The number of anilines is 1. The molecule has 0 aromatic heterocycles. The summed E-state index contributed by atoms with van der Waals surface area (Å²) in [6, 6.07) is 11.4. The number of esters is 1. The van der Waals surface area contributed by atoms with E-state index >= 15 is 0 Å². The first-order chi connectivity index (χ1) is 11.4. The summed E-state index contributed by atoms with van der Waals surface area (Å²) in [5.41, 5.74) is 2.39. The van der Waals surface area contributed by atoms with E-state index in [0.29, 0.717) is 21.8 Å². The third kappa shape index (κ3) is 4.53. The van der Waals surface area contributed by atoms with Crippen molar-refractivity contribution in [1.82, 2.24) is 5.32 Å². The van der Waals surface area contributed by atoms with Gasteiger partial charge in [-0.2, -0.15) is 0 Å². The lowest BCUT2D eigenvalue weighted by Gasteiger charge is -2.12. The van der Waals surface area contributed by atoms with Gasteiger partial charge in [0.15, 0.2) is 5.11 Å². The molecule has 2 aromatic rings. The second-order valence-electron chi connectivity index (χ2n) is 4.94. The first kappa shape index (κ1) is 17.9. The van der Waals surface area contributed by atoms with Crippen LogP contribution in [0.3, 0.4) is 0 Å². The number of ether oxygens (including phenoxy) is 1. The highest BCUT2D eigenvalue weighted by Gasteiger charge is 2.11. The number of nitrogens with one attached hydrogen (secondary N) is 2. The number of carbonyl (C=O) groups excluding carboxylic acids is 2. The molecule has 0 aliphatic carbocycles. The number of halogens is 1. The first-order valence-corrected chi connectivity index (χ1v) is 7.76. The van der Waals surface area contributed by atoms with Gasteiger partial charge < -0.3 is 10.1 Å². The van der Waals surface area contributed by atoms with Crippen molar-refractivity contribution in [2.75, 3.05) is 12.4 Å². The molecule has 2 rings (SSSR count). The van der Waals surface area contributed by atoms with Crippen LogP contribution in [0.5, 0.6) is 0 Å². The van der Waals surface area contributed by atoms with Gasteiger partial charge >= 0.3 is 5.97 Å². The fourth-order valence-electron chi connectivity index (χ4n) is 1.93. The number of aryl methyl sites for hydroxylation is 1. The van der Waals surface area contributed by atoms with Crippen molar-refractivity contribution in [2.45, 2.75) is 6.92 Å². The highest BCUT2D eigenvalue weighted by atomic mass is 35.5. The van der Waals surface area contributed by atoms with Gasteiger partial charge in [-0.25, -0.2) is 4.79 Å². The van der Waals surface area contributed by atoms with Crippen molar-refractivity contribution >= 4 is 46.5 Å². The van der Waals surface area contributed by atoms with Gasteiger partial charge in [0.1, 0.15) is 0 Å². The summed E-state index contributed by atoms with van der Waals surface area (Å²) in [6.45, 7) is 1.90. The Kier molecular flexibility index (Phi) is 5.89. The molecule has 2 aromatic carbocycles. The summed E-state index contributed by atoms with van der Waals surface area (Å²) < 4.78 is 4.61. The number of benzene rings is 2. The average molecular weight is 363 g/mol. The van der Waals surface area contributed by atoms with Crippen LogP contribution in [0.2, 0.25) is 5.02 Å². The second kappa shape index (κ2) is 7.90. The lowest BCUT2D eigenvalue weighted by Crippen LogP contribution is -2.34. The smallest absolute Gasteiger partial charge is 0.337 e. The zero-order valence-corrected chi connectivity index (χ0v) is 14.6. The van der Waals surface area contributed by atoms with Crippen LogP contribution in [0.1, 0.15) is 26.3 Å². The van der Waals surface area contributed by atoms with Crippen LogP contribution in [0.4, 0.5) is 5.69 Å². The molecule has 0 bridgehead atoms. The van der Waals surface area contributed by atoms with Crippen LogP contribution in [0, 0.1) is 6.92 Å². The highest BCUT2D eigenvalue weighted by molar-refractivity contribution is 7.80. The average Bonchev–Trinajstić information content (AvgIpc) is 2.57. The fraction of sp³-hybridized carbons (Fsp3) is 0.118. The molecule has 0 saturated carbocycles. The Bertz CT molecular complexity index is 791. The Labute approximate surface area is 150 Å². The van der Waals surface area contributed by atoms with E-state index in [2.05, 4.69) is 15.4 Å².